The Bertz CT molecular complexity index is 1450. The van der Waals surface area contributed by atoms with E-state index in [0.29, 0.717) is 11.4 Å². The van der Waals surface area contributed by atoms with E-state index in [2.05, 4.69) is 10.4 Å². The molecule has 5 rings (SSSR count). The summed E-state index contributed by atoms with van der Waals surface area (Å²) in [5.74, 6) is -0.306. The van der Waals surface area contributed by atoms with Crippen molar-refractivity contribution in [1.82, 2.24) is 14.3 Å². The summed E-state index contributed by atoms with van der Waals surface area (Å²) >= 11 is 0. The Morgan fingerprint density at radius 1 is 0.970 bits per heavy atom. The van der Waals surface area contributed by atoms with Crippen molar-refractivity contribution >= 4 is 28.1 Å². The number of nitrogens with one attached hydrogen (secondary N) is 1. The third kappa shape index (κ3) is 3.74. The van der Waals surface area contributed by atoms with Gasteiger partial charge in [0.2, 0.25) is 0 Å². The summed E-state index contributed by atoms with van der Waals surface area (Å²) in [6, 6.07) is 17.5. The highest BCUT2D eigenvalue weighted by atomic mass is 16.5. The maximum atomic E-state index is 13.3. The fraction of sp³-hybridized carbons (Fsp3) is 0.0400. The molecule has 0 atom stereocenters. The summed E-state index contributed by atoms with van der Waals surface area (Å²) in [5, 5.41) is 29.8. The SMILES string of the molecule is COc1ccccc1-n1cc(Nc2cc(O)cc(O)c2C(=O)n2cc3ccccc3c2)cn1. The lowest BCUT2D eigenvalue weighted by molar-refractivity contribution is 0.0959. The second-order valence-corrected chi connectivity index (χ2v) is 7.46. The number of fused-ring (bicyclic) bond motifs is 1. The van der Waals surface area contributed by atoms with Crippen LogP contribution in [0.5, 0.6) is 17.2 Å². The summed E-state index contributed by atoms with van der Waals surface area (Å²) < 4.78 is 8.43. The molecule has 5 aromatic rings. The Morgan fingerprint density at radius 2 is 1.67 bits per heavy atom. The van der Waals surface area contributed by atoms with Gasteiger partial charge in [0.25, 0.3) is 5.91 Å². The summed E-state index contributed by atoms with van der Waals surface area (Å²) in [6.07, 6.45) is 6.70. The van der Waals surface area contributed by atoms with Crippen molar-refractivity contribution in [3.05, 3.63) is 91.0 Å². The lowest BCUT2D eigenvalue weighted by Gasteiger charge is -2.13. The molecule has 0 radical (unpaired) electrons. The normalized spacial score (nSPS) is 10.9. The number of carbonyl (C=O) groups is 1. The minimum atomic E-state index is -0.441. The van der Waals surface area contributed by atoms with Gasteiger partial charge >= 0.3 is 0 Å². The molecular formula is C25H20N4O4. The monoisotopic (exact) mass is 440 g/mol. The third-order valence-corrected chi connectivity index (χ3v) is 5.30. The number of phenols is 2. The predicted molar refractivity (Wildman–Crippen MR) is 125 cm³/mol. The van der Waals surface area contributed by atoms with Crippen LogP contribution in [0.2, 0.25) is 0 Å². The molecule has 33 heavy (non-hydrogen) atoms. The van der Waals surface area contributed by atoms with E-state index in [-0.39, 0.29) is 22.7 Å². The van der Waals surface area contributed by atoms with Gasteiger partial charge in [-0.15, -0.1) is 0 Å². The predicted octanol–water partition coefficient (Wildman–Crippen LogP) is 4.68. The van der Waals surface area contributed by atoms with Gasteiger partial charge in [0.05, 0.1) is 30.9 Å². The smallest absolute Gasteiger partial charge is 0.267 e. The second-order valence-electron chi connectivity index (χ2n) is 7.46. The molecule has 0 bridgehead atoms. The van der Waals surface area contributed by atoms with Crippen molar-refractivity contribution in [3.63, 3.8) is 0 Å². The lowest BCUT2D eigenvalue weighted by atomic mass is 10.1. The quantitative estimate of drug-likeness (QED) is 0.367. The highest BCUT2D eigenvalue weighted by Gasteiger charge is 2.21. The molecule has 0 saturated heterocycles. The van der Waals surface area contributed by atoms with Gasteiger partial charge in [-0.1, -0.05) is 36.4 Å². The number of ether oxygens (including phenoxy) is 1. The molecule has 0 spiro atoms. The molecule has 164 valence electrons. The first-order chi connectivity index (χ1) is 16.0. The third-order valence-electron chi connectivity index (χ3n) is 5.30. The standard InChI is InChI=1S/C25H20N4O4/c1-33-23-9-5-4-8-21(23)29-15-18(12-26-29)27-20-10-19(30)11-22(31)24(20)25(32)28-13-16-6-2-3-7-17(16)14-28/h2-15,27,30-31H,1H3. The molecule has 2 heterocycles. The van der Waals surface area contributed by atoms with Crippen LogP contribution in [0, 0.1) is 0 Å². The maximum Gasteiger partial charge on any atom is 0.267 e. The molecule has 0 fully saturated rings. The largest absolute Gasteiger partial charge is 0.508 e. The Labute approximate surface area is 188 Å². The number of aromatic nitrogens is 3. The van der Waals surface area contributed by atoms with Crippen LogP contribution >= 0.6 is 0 Å². The first-order valence-electron chi connectivity index (χ1n) is 10.2. The Hall–Kier alpha value is -4.72. The fourth-order valence-electron chi connectivity index (χ4n) is 3.76. The van der Waals surface area contributed by atoms with Crippen LogP contribution in [0.3, 0.4) is 0 Å². The van der Waals surface area contributed by atoms with Crippen LogP contribution in [0.25, 0.3) is 16.5 Å². The van der Waals surface area contributed by atoms with Crippen LogP contribution in [-0.2, 0) is 0 Å². The van der Waals surface area contributed by atoms with Gasteiger partial charge in [0.15, 0.2) is 0 Å². The second kappa shape index (κ2) is 8.08. The van der Waals surface area contributed by atoms with Crippen molar-refractivity contribution in [2.24, 2.45) is 0 Å². The number of nitrogens with zero attached hydrogens (tertiary/aromatic N) is 3. The summed E-state index contributed by atoms with van der Waals surface area (Å²) in [4.78, 5) is 13.3. The van der Waals surface area contributed by atoms with Gasteiger partial charge in [-0.2, -0.15) is 5.10 Å². The van der Waals surface area contributed by atoms with Gasteiger partial charge in [-0.25, -0.2) is 4.68 Å². The highest BCUT2D eigenvalue weighted by Crippen LogP contribution is 2.34. The molecule has 8 heteroatoms. The van der Waals surface area contributed by atoms with E-state index in [1.54, 1.807) is 36.6 Å². The van der Waals surface area contributed by atoms with Crippen LogP contribution in [-0.4, -0.2) is 37.6 Å². The molecular weight excluding hydrogens is 420 g/mol. The van der Waals surface area contributed by atoms with E-state index < -0.39 is 5.91 Å². The average molecular weight is 440 g/mol. The van der Waals surface area contributed by atoms with E-state index in [1.807, 2.05) is 48.5 Å². The molecule has 3 N–H and O–H groups in total. The highest BCUT2D eigenvalue weighted by molar-refractivity contribution is 6.06. The molecule has 8 nitrogen and oxygen atoms in total. The molecule has 3 aromatic carbocycles. The van der Waals surface area contributed by atoms with Crippen LogP contribution in [0.15, 0.2) is 85.5 Å². The number of anilines is 2. The lowest BCUT2D eigenvalue weighted by Crippen LogP contribution is -2.12. The number of para-hydroxylation sites is 2. The molecule has 0 aliphatic carbocycles. The maximum absolute atomic E-state index is 13.3. The summed E-state index contributed by atoms with van der Waals surface area (Å²) in [5.41, 5.74) is 1.56. The molecule has 2 aromatic heterocycles. The van der Waals surface area contributed by atoms with Gasteiger partial charge < -0.3 is 20.3 Å². The van der Waals surface area contributed by atoms with Crippen LogP contribution in [0.4, 0.5) is 11.4 Å². The Morgan fingerprint density at radius 3 is 2.39 bits per heavy atom. The number of methoxy groups -OCH3 is 1. The van der Waals surface area contributed by atoms with Crippen molar-refractivity contribution in [2.75, 3.05) is 12.4 Å². The van der Waals surface area contributed by atoms with Crippen molar-refractivity contribution in [2.45, 2.75) is 0 Å². The molecule has 0 aliphatic rings. The van der Waals surface area contributed by atoms with E-state index in [9.17, 15) is 15.0 Å². The molecule has 0 aliphatic heterocycles. The zero-order valence-electron chi connectivity index (χ0n) is 17.6. The molecule has 0 unspecified atom stereocenters. The van der Waals surface area contributed by atoms with E-state index >= 15 is 0 Å². The summed E-state index contributed by atoms with van der Waals surface area (Å²) in [6.45, 7) is 0. The minimum absolute atomic E-state index is 0.0261. The van der Waals surface area contributed by atoms with E-state index in [4.69, 9.17) is 4.74 Å². The number of rotatable bonds is 5. The van der Waals surface area contributed by atoms with Crippen molar-refractivity contribution in [1.29, 1.82) is 0 Å². The van der Waals surface area contributed by atoms with Crippen LogP contribution in [0.1, 0.15) is 10.4 Å². The molecule has 0 amide bonds. The molecule has 0 saturated carbocycles. The fourth-order valence-corrected chi connectivity index (χ4v) is 3.76. The van der Waals surface area contributed by atoms with Crippen molar-refractivity contribution < 1.29 is 19.7 Å². The number of phenolic OH excluding ortho intramolecular Hbond substituents is 2. The average Bonchev–Trinajstić information content (AvgIpc) is 3.45. The van der Waals surface area contributed by atoms with Gasteiger partial charge in [-0.3, -0.25) is 9.36 Å². The minimum Gasteiger partial charge on any atom is -0.508 e. The Kier molecular flexibility index (Phi) is 4.95. The zero-order valence-corrected chi connectivity index (χ0v) is 17.6. The number of hydrogen-bond donors (Lipinski definition) is 3. The van der Waals surface area contributed by atoms with E-state index in [0.717, 1.165) is 22.5 Å². The number of carbonyl (C=O) groups excluding carboxylic acids is 1. The number of hydrogen-bond acceptors (Lipinski definition) is 6. The van der Waals surface area contributed by atoms with Crippen molar-refractivity contribution in [3.8, 4) is 22.9 Å². The van der Waals surface area contributed by atoms with Crippen LogP contribution < -0.4 is 10.1 Å². The van der Waals surface area contributed by atoms with Gasteiger partial charge in [0.1, 0.15) is 28.5 Å². The zero-order chi connectivity index (χ0) is 22.9. The first-order valence-corrected chi connectivity index (χ1v) is 10.2. The first kappa shape index (κ1) is 20.2. The van der Waals surface area contributed by atoms with E-state index in [1.165, 1.54) is 10.6 Å². The van der Waals surface area contributed by atoms with Gasteiger partial charge in [-0.05, 0) is 22.9 Å². The summed E-state index contributed by atoms with van der Waals surface area (Å²) in [7, 11) is 1.58. The topological polar surface area (TPSA) is 102 Å². The number of benzene rings is 3. The van der Waals surface area contributed by atoms with Gasteiger partial charge in [0, 0.05) is 24.5 Å². The Balaban J connectivity index is 1.52. The number of aromatic hydroxyl groups is 2.